The smallest absolute Gasteiger partial charge is 0.411 e. The van der Waals surface area contributed by atoms with E-state index in [1.807, 2.05) is 31.2 Å². The van der Waals surface area contributed by atoms with Crippen LogP contribution in [0.5, 0.6) is 0 Å². The number of amides is 1. The monoisotopic (exact) mass is 250 g/mol. The molecule has 0 saturated carbocycles. The Bertz CT molecular complexity index is 399. The van der Waals surface area contributed by atoms with Gasteiger partial charge in [0.2, 0.25) is 0 Å². The van der Waals surface area contributed by atoms with Crippen molar-refractivity contribution < 1.29 is 14.6 Å². The normalized spacial score (nSPS) is 15.5. The Morgan fingerprint density at radius 1 is 1.33 bits per heavy atom. The van der Waals surface area contributed by atoms with Crippen LogP contribution in [0.15, 0.2) is 24.3 Å². The Morgan fingerprint density at radius 3 is 2.44 bits per heavy atom. The predicted octanol–water partition coefficient (Wildman–Crippen LogP) is 2.03. The lowest BCUT2D eigenvalue weighted by molar-refractivity contribution is 0.122. The minimum atomic E-state index is -0.920. The van der Waals surface area contributed by atoms with E-state index in [1.165, 1.54) is 4.90 Å². The van der Waals surface area contributed by atoms with Crippen LogP contribution in [0.4, 0.5) is 16.2 Å². The summed E-state index contributed by atoms with van der Waals surface area (Å²) in [5, 5.41) is 9.04. The molecule has 0 radical (unpaired) electrons. The molecule has 1 heterocycles. The highest BCUT2D eigenvalue weighted by molar-refractivity contribution is 5.86. The maximum atomic E-state index is 11.0. The van der Waals surface area contributed by atoms with E-state index in [4.69, 9.17) is 9.84 Å². The van der Waals surface area contributed by atoms with Gasteiger partial charge in [0.15, 0.2) is 0 Å². The van der Waals surface area contributed by atoms with E-state index in [-0.39, 0.29) is 0 Å². The molecule has 5 heteroatoms. The molecule has 0 spiro atoms. The van der Waals surface area contributed by atoms with Gasteiger partial charge in [-0.15, -0.1) is 0 Å². The maximum absolute atomic E-state index is 11.0. The van der Waals surface area contributed by atoms with Crippen LogP contribution in [0.2, 0.25) is 0 Å². The average Bonchev–Trinajstić information content (AvgIpc) is 2.41. The first kappa shape index (κ1) is 12.7. The zero-order valence-corrected chi connectivity index (χ0v) is 10.5. The highest BCUT2D eigenvalue weighted by Gasteiger charge is 2.14. The summed E-state index contributed by atoms with van der Waals surface area (Å²) >= 11 is 0. The van der Waals surface area contributed by atoms with Gasteiger partial charge in [0.1, 0.15) is 0 Å². The number of nitrogens with zero attached hydrogens (tertiary/aromatic N) is 2. The maximum Gasteiger partial charge on any atom is 0.411 e. The number of carbonyl (C=O) groups is 1. The van der Waals surface area contributed by atoms with Gasteiger partial charge in [0, 0.05) is 31.0 Å². The molecule has 0 aromatic heterocycles. The van der Waals surface area contributed by atoms with Gasteiger partial charge in [0.05, 0.1) is 13.2 Å². The van der Waals surface area contributed by atoms with Gasteiger partial charge in [-0.05, 0) is 31.2 Å². The fourth-order valence-electron chi connectivity index (χ4n) is 2.09. The number of ether oxygens (including phenoxy) is 1. The van der Waals surface area contributed by atoms with Crippen LogP contribution >= 0.6 is 0 Å². The molecule has 1 saturated heterocycles. The third-order valence-electron chi connectivity index (χ3n) is 3.08. The van der Waals surface area contributed by atoms with Gasteiger partial charge in [0.25, 0.3) is 0 Å². The fraction of sp³-hybridized carbons (Fsp3) is 0.462. The molecule has 1 aromatic carbocycles. The molecular weight excluding hydrogens is 232 g/mol. The van der Waals surface area contributed by atoms with Crippen molar-refractivity contribution in [2.75, 3.05) is 42.6 Å². The molecule has 0 aliphatic carbocycles. The second kappa shape index (κ2) is 5.73. The summed E-state index contributed by atoms with van der Waals surface area (Å²) < 4.78 is 5.30. The standard InChI is InChI=1S/C13H18N2O3/c1-2-15(13(16)17)12-5-3-11(4-6-12)14-7-9-18-10-8-14/h3-6H,2,7-10H2,1H3,(H,16,17). The molecule has 1 aromatic rings. The number of morpholine rings is 1. The average molecular weight is 250 g/mol. The molecule has 2 rings (SSSR count). The SMILES string of the molecule is CCN(C(=O)O)c1ccc(N2CCOCC2)cc1. The number of hydrogen-bond donors (Lipinski definition) is 1. The molecule has 1 aliphatic heterocycles. The molecule has 1 aliphatic rings. The lowest BCUT2D eigenvalue weighted by atomic mass is 10.2. The predicted molar refractivity (Wildman–Crippen MR) is 70.5 cm³/mol. The highest BCUT2D eigenvalue weighted by Crippen LogP contribution is 2.21. The second-order valence-electron chi connectivity index (χ2n) is 4.14. The summed E-state index contributed by atoms with van der Waals surface area (Å²) in [7, 11) is 0. The molecule has 5 nitrogen and oxygen atoms in total. The largest absolute Gasteiger partial charge is 0.465 e. The van der Waals surface area contributed by atoms with Crippen molar-refractivity contribution in [2.45, 2.75) is 6.92 Å². The summed E-state index contributed by atoms with van der Waals surface area (Å²) in [6.07, 6.45) is -0.920. The Labute approximate surface area is 107 Å². The fourth-order valence-corrected chi connectivity index (χ4v) is 2.09. The number of hydrogen-bond acceptors (Lipinski definition) is 3. The van der Waals surface area contributed by atoms with Crippen LogP contribution in [-0.4, -0.2) is 44.0 Å². The number of anilines is 2. The van der Waals surface area contributed by atoms with E-state index >= 15 is 0 Å². The Kier molecular flexibility index (Phi) is 4.04. The van der Waals surface area contributed by atoms with Crippen LogP contribution < -0.4 is 9.80 Å². The second-order valence-corrected chi connectivity index (χ2v) is 4.14. The van der Waals surface area contributed by atoms with Crippen molar-refractivity contribution in [3.8, 4) is 0 Å². The summed E-state index contributed by atoms with van der Waals surface area (Å²) in [4.78, 5) is 14.6. The van der Waals surface area contributed by atoms with Gasteiger partial charge in [-0.3, -0.25) is 4.90 Å². The van der Waals surface area contributed by atoms with Crippen molar-refractivity contribution in [3.63, 3.8) is 0 Å². The van der Waals surface area contributed by atoms with Crippen LogP contribution in [-0.2, 0) is 4.74 Å². The zero-order chi connectivity index (χ0) is 13.0. The highest BCUT2D eigenvalue weighted by atomic mass is 16.5. The van der Waals surface area contributed by atoms with E-state index < -0.39 is 6.09 Å². The van der Waals surface area contributed by atoms with E-state index in [2.05, 4.69) is 4.90 Å². The lowest BCUT2D eigenvalue weighted by Crippen LogP contribution is -2.36. The molecule has 1 fully saturated rings. The number of carboxylic acid groups (broad SMARTS) is 1. The molecule has 98 valence electrons. The van der Waals surface area contributed by atoms with Crippen molar-refractivity contribution in [2.24, 2.45) is 0 Å². The van der Waals surface area contributed by atoms with Gasteiger partial charge in [-0.25, -0.2) is 4.79 Å². The third-order valence-corrected chi connectivity index (χ3v) is 3.08. The Hall–Kier alpha value is -1.75. The zero-order valence-electron chi connectivity index (χ0n) is 10.5. The van der Waals surface area contributed by atoms with Crippen LogP contribution in [0.25, 0.3) is 0 Å². The third kappa shape index (κ3) is 2.73. The number of benzene rings is 1. The van der Waals surface area contributed by atoms with Crippen LogP contribution in [0, 0.1) is 0 Å². The summed E-state index contributed by atoms with van der Waals surface area (Å²) in [5.41, 5.74) is 1.82. The van der Waals surface area contributed by atoms with Crippen molar-refractivity contribution >= 4 is 17.5 Å². The summed E-state index contributed by atoms with van der Waals surface area (Å²) in [6, 6.07) is 7.63. The quantitative estimate of drug-likeness (QED) is 0.891. The lowest BCUT2D eigenvalue weighted by Gasteiger charge is -2.29. The molecule has 18 heavy (non-hydrogen) atoms. The van der Waals surface area contributed by atoms with Crippen LogP contribution in [0.1, 0.15) is 6.92 Å². The number of rotatable bonds is 3. The van der Waals surface area contributed by atoms with Gasteiger partial charge in [-0.1, -0.05) is 0 Å². The van der Waals surface area contributed by atoms with E-state index in [1.54, 1.807) is 0 Å². The van der Waals surface area contributed by atoms with E-state index in [9.17, 15) is 4.79 Å². The summed E-state index contributed by atoms with van der Waals surface area (Å²) in [6.45, 7) is 5.54. The van der Waals surface area contributed by atoms with Gasteiger partial charge in [-0.2, -0.15) is 0 Å². The summed E-state index contributed by atoms with van der Waals surface area (Å²) in [5.74, 6) is 0. The van der Waals surface area contributed by atoms with E-state index in [0.29, 0.717) is 12.2 Å². The van der Waals surface area contributed by atoms with Gasteiger partial charge < -0.3 is 14.7 Å². The van der Waals surface area contributed by atoms with Crippen LogP contribution in [0.3, 0.4) is 0 Å². The molecule has 0 bridgehead atoms. The minimum Gasteiger partial charge on any atom is -0.465 e. The van der Waals surface area contributed by atoms with E-state index in [0.717, 1.165) is 32.0 Å². The molecule has 1 N–H and O–H groups in total. The molecule has 1 amide bonds. The van der Waals surface area contributed by atoms with Crippen molar-refractivity contribution in [3.05, 3.63) is 24.3 Å². The van der Waals surface area contributed by atoms with Crippen molar-refractivity contribution in [1.82, 2.24) is 0 Å². The Balaban J connectivity index is 2.11. The molecular formula is C13H18N2O3. The first-order valence-electron chi connectivity index (χ1n) is 6.15. The topological polar surface area (TPSA) is 53.0 Å². The Morgan fingerprint density at radius 2 is 1.94 bits per heavy atom. The first-order chi connectivity index (χ1) is 8.72. The van der Waals surface area contributed by atoms with Gasteiger partial charge >= 0.3 is 6.09 Å². The molecule has 0 atom stereocenters. The van der Waals surface area contributed by atoms with Crippen molar-refractivity contribution in [1.29, 1.82) is 0 Å². The molecule has 0 unspecified atom stereocenters. The first-order valence-corrected chi connectivity index (χ1v) is 6.15. The minimum absolute atomic E-state index is 0.451.